The molecule has 0 saturated carbocycles. The largest absolute Gasteiger partial charge is 0.456 e. The number of aromatic nitrogens is 3. The van der Waals surface area contributed by atoms with E-state index in [1.807, 2.05) is 38.4 Å². The quantitative estimate of drug-likeness (QED) is 0.663. The Labute approximate surface area is 158 Å². The van der Waals surface area contributed by atoms with Crippen molar-refractivity contribution in [2.24, 2.45) is 0 Å². The van der Waals surface area contributed by atoms with Crippen LogP contribution in [0.2, 0.25) is 0 Å². The molecule has 0 radical (unpaired) electrons. The molecule has 7 heteroatoms. The third-order valence-corrected chi connectivity index (χ3v) is 4.98. The number of hydrogen-bond acceptors (Lipinski definition) is 5. The zero-order valence-electron chi connectivity index (χ0n) is 16.8. The molecule has 0 N–H and O–H groups in total. The van der Waals surface area contributed by atoms with E-state index in [0.29, 0.717) is 24.5 Å². The molecule has 3 heterocycles. The summed E-state index contributed by atoms with van der Waals surface area (Å²) in [5, 5.41) is 8.47. The number of rotatable bonds is 6. The lowest BCUT2D eigenvalue weighted by Gasteiger charge is -2.16. The van der Waals surface area contributed by atoms with Crippen LogP contribution in [0.4, 0.5) is 0 Å². The lowest BCUT2D eigenvalue weighted by molar-refractivity contribution is 0.0751. The monoisotopic (exact) mass is 370 g/mol. The van der Waals surface area contributed by atoms with Gasteiger partial charge in [-0.05, 0) is 46.8 Å². The van der Waals surface area contributed by atoms with E-state index < -0.39 is 0 Å². The topological polar surface area (TPSA) is 77.3 Å². The molecule has 0 atom stereocenters. The number of amides is 1. The van der Waals surface area contributed by atoms with Gasteiger partial charge in [-0.25, -0.2) is 0 Å². The van der Waals surface area contributed by atoms with E-state index in [1.54, 1.807) is 18.0 Å². The smallest absolute Gasteiger partial charge is 0.289 e. The van der Waals surface area contributed by atoms with Gasteiger partial charge in [0.05, 0.1) is 11.4 Å². The van der Waals surface area contributed by atoms with Crippen molar-refractivity contribution in [2.45, 2.75) is 54.1 Å². The van der Waals surface area contributed by atoms with E-state index in [4.69, 9.17) is 8.94 Å². The van der Waals surface area contributed by atoms with Gasteiger partial charge in [-0.2, -0.15) is 5.10 Å². The van der Waals surface area contributed by atoms with E-state index in [2.05, 4.69) is 17.2 Å². The Bertz CT molecular complexity index is 945. The predicted octanol–water partition coefficient (Wildman–Crippen LogP) is 3.58. The third-order valence-electron chi connectivity index (χ3n) is 4.98. The van der Waals surface area contributed by atoms with Crippen LogP contribution in [0.15, 0.2) is 21.1 Å². The minimum absolute atomic E-state index is 0.150. The summed E-state index contributed by atoms with van der Waals surface area (Å²) in [6, 6.07) is 3.56. The fraction of sp³-hybridized carbons (Fsp3) is 0.450. The van der Waals surface area contributed by atoms with Crippen LogP contribution in [-0.4, -0.2) is 32.8 Å². The van der Waals surface area contributed by atoms with Gasteiger partial charge in [0.1, 0.15) is 11.5 Å². The van der Waals surface area contributed by atoms with E-state index in [-0.39, 0.29) is 5.91 Å². The summed E-state index contributed by atoms with van der Waals surface area (Å²) >= 11 is 0. The first-order valence-corrected chi connectivity index (χ1v) is 9.10. The van der Waals surface area contributed by atoms with Crippen molar-refractivity contribution in [3.05, 3.63) is 57.6 Å². The maximum absolute atomic E-state index is 12.8. The normalized spacial score (nSPS) is 11.2. The molecule has 0 unspecified atom stereocenters. The van der Waals surface area contributed by atoms with Gasteiger partial charge in [-0.3, -0.25) is 9.48 Å². The van der Waals surface area contributed by atoms with Crippen LogP contribution >= 0.6 is 0 Å². The Morgan fingerprint density at radius 3 is 2.48 bits per heavy atom. The average molecular weight is 370 g/mol. The Hall–Kier alpha value is -2.83. The highest BCUT2D eigenvalue weighted by molar-refractivity contribution is 5.91. The van der Waals surface area contributed by atoms with Gasteiger partial charge in [0.2, 0.25) is 0 Å². The summed E-state index contributed by atoms with van der Waals surface area (Å²) in [6.07, 6.45) is 0.555. The van der Waals surface area contributed by atoms with E-state index in [1.165, 1.54) is 0 Å². The average Bonchev–Trinajstić information content (AvgIpc) is 3.31. The van der Waals surface area contributed by atoms with Crippen molar-refractivity contribution in [3.8, 4) is 0 Å². The van der Waals surface area contributed by atoms with E-state index in [9.17, 15) is 4.79 Å². The molecule has 144 valence electrons. The minimum Gasteiger partial charge on any atom is -0.456 e. The van der Waals surface area contributed by atoms with Crippen LogP contribution in [0.1, 0.15) is 57.2 Å². The molecule has 3 rings (SSSR count). The predicted molar refractivity (Wildman–Crippen MR) is 101 cm³/mol. The molecule has 0 spiro atoms. The van der Waals surface area contributed by atoms with Crippen LogP contribution in [-0.2, 0) is 19.5 Å². The highest BCUT2D eigenvalue weighted by Gasteiger charge is 2.20. The van der Waals surface area contributed by atoms with Gasteiger partial charge in [-0.1, -0.05) is 5.16 Å². The number of aryl methyl sites for hydroxylation is 4. The van der Waals surface area contributed by atoms with E-state index >= 15 is 0 Å². The lowest BCUT2D eigenvalue weighted by atomic mass is 10.1. The summed E-state index contributed by atoms with van der Waals surface area (Å²) in [6.45, 7) is 11.1. The number of nitrogens with zero attached hydrogens (tertiary/aromatic N) is 4. The number of furan rings is 1. The molecule has 0 saturated heterocycles. The molecule has 0 aliphatic heterocycles. The Morgan fingerprint density at radius 1 is 1.15 bits per heavy atom. The van der Waals surface area contributed by atoms with Gasteiger partial charge < -0.3 is 13.8 Å². The van der Waals surface area contributed by atoms with Crippen molar-refractivity contribution >= 4 is 5.91 Å². The minimum atomic E-state index is -0.150. The summed E-state index contributed by atoms with van der Waals surface area (Å²) in [5.41, 5.74) is 4.96. The fourth-order valence-electron chi connectivity index (χ4n) is 3.28. The molecule has 0 fully saturated rings. The molecule has 0 aromatic carbocycles. The SMILES string of the molecule is CCn1nc(C)c(CN(C)C(=O)c2ccc(Cc3c(C)noc3C)o2)c1C. The summed E-state index contributed by atoms with van der Waals surface area (Å²) in [7, 11) is 1.78. The van der Waals surface area contributed by atoms with Crippen LogP contribution < -0.4 is 0 Å². The van der Waals surface area contributed by atoms with Gasteiger partial charge in [-0.15, -0.1) is 0 Å². The second-order valence-electron chi connectivity index (χ2n) is 6.87. The van der Waals surface area contributed by atoms with Crippen LogP contribution in [0.3, 0.4) is 0 Å². The summed E-state index contributed by atoms with van der Waals surface area (Å²) in [5.74, 6) is 1.67. The van der Waals surface area contributed by atoms with Crippen molar-refractivity contribution < 1.29 is 13.7 Å². The lowest BCUT2D eigenvalue weighted by Crippen LogP contribution is -2.26. The first kappa shape index (κ1) is 18.9. The maximum Gasteiger partial charge on any atom is 0.289 e. The molecule has 27 heavy (non-hydrogen) atoms. The van der Waals surface area contributed by atoms with Crippen LogP contribution in [0, 0.1) is 27.7 Å². The van der Waals surface area contributed by atoms with E-state index in [0.717, 1.165) is 40.5 Å². The second kappa shape index (κ2) is 7.42. The number of carbonyl (C=O) groups excluding carboxylic acids is 1. The highest BCUT2D eigenvalue weighted by Crippen LogP contribution is 2.21. The molecule has 3 aromatic rings. The molecule has 3 aromatic heterocycles. The molecular formula is C20H26N4O3. The van der Waals surface area contributed by atoms with Gasteiger partial charge in [0.15, 0.2) is 5.76 Å². The summed E-state index contributed by atoms with van der Waals surface area (Å²) < 4.78 is 12.9. The summed E-state index contributed by atoms with van der Waals surface area (Å²) in [4.78, 5) is 14.4. The van der Waals surface area contributed by atoms with Gasteiger partial charge in [0, 0.05) is 43.4 Å². The molecule has 0 aliphatic carbocycles. The zero-order valence-corrected chi connectivity index (χ0v) is 16.8. The standard InChI is InChI=1S/C20H26N4O3/c1-7-24-14(4)18(12(2)21-24)11-23(6)20(25)19-9-8-16(26-19)10-17-13(3)22-27-15(17)5/h8-9H,7,10-11H2,1-6H3. The van der Waals surface area contributed by atoms with Crippen LogP contribution in [0.5, 0.6) is 0 Å². The first-order valence-electron chi connectivity index (χ1n) is 9.10. The molecule has 7 nitrogen and oxygen atoms in total. The first-order chi connectivity index (χ1) is 12.8. The molecule has 0 aliphatic rings. The maximum atomic E-state index is 12.8. The third kappa shape index (κ3) is 3.67. The number of hydrogen-bond donors (Lipinski definition) is 0. The van der Waals surface area contributed by atoms with Crippen molar-refractivity contribution in [1.29, 1.82) is 0 Å². The Balaban J connectivity index is 1.73. The Kier molecular flexibility index (Phi) is 5.21. The molecular weight excluding hydrogens is 344 g/mol. The van der Waals surface area contributed by atoms with Crippen molar-refractivity contribution in [2.75, 3.05) is 7.05 Å². The number of carbonyl (C=O) groups is 1. The molecule has 0 bridgehead atoms. The zero-order chi connectivity index (χ0) is 19.7. The highest BCUT2D eigenvalue weighted by atomic mass is 16.5. The van der Waals surface area contributed by atoms with Crippen molar-refractivity contribution in [3.63, 3.8) is 0 Å². The van der Waals surface area contributed by atoms with Crippen LogP contribution in [0.25, 0.3) is 0 Å². The molecule has 1 amide bonds. The van der Waals surface area contributed by atoms with Gasteiger partial charge in [0.25, 0.3) is 5.91 Å². The fourth-order valence-corrected chi connectivity index (χ4v) is 3.28. The second-order valence-corrected chi connectivity index (χ2v) is 6.87. The van der Waals surface area contributed by atoms with Gasteiger partial charge >= 0.3 is 0 Å². The Morgan fingerprint density at radius 2 is 1.89 bits per heavy atom. The van der Waals surface area contributed by atoms with Crippen molar-refractivity contribution in [1.82, 2.24) is 19.8 Å².